The molecule has 6 rings (SSSR count). The van der Waals surface area contributed by atoms with E-state index in [1.54, 1.807) is 0 Å². The Balaban J connectivity index is 1.38. The molecule has 308 valence electrons. The van der Waals surface area contributed by atoms with E-state index in [-0.39, 0.29) is 34.1 Å². The number of hydrogen-bond acceptors (Lipinski definition) is 18. The topological polar surface area (TPSA) is 379 Å². The highest BCUT2D eigenvalue weighted by Gasteiger charge is 2.28. The van der Waals surface area contributed by atoms with E-state index in [0.717, 1.165) is 12.1 Å². The largest absolute Gasteiger partial charge is 0.508 e. The van der Waals surface area contributed by atoms with Crippen LogP contribution in [0, 0.1) is 0 Å². The summed E-state index contributed by atoms with van der Waals surface area (Å²) in [6.07, 6.45) is 0. The smallest absolute Gasteiger partial charge is 0.335 e. The Morgan fingerprint density at radius 2 is 1.15 bits per heavy atom. The van der Waals surface area contributed by atoms with Crippen molar-refractivity contribution in [1.82, 2.24) is 0 Å². The number of aromatic hydroxyl groups is 2. The van der Waals surface area contributed by atoms with Crippen molar-refractivity contribution in [3.8, 4) is 11.5 Å². The molecule has 0 saturated carbocycles. The van der Waals surface area contributed by atoms with Crippen molar-refractivity contribution >= 4 is 104 Å². The zero-order valence-corrected chi connectivity index (χ0v) is 32.3. The summed E-state index contributed by atoms with van der Waals surface area (Å²) in [5, 5.41) is 55.0. The minimum absolute atomic E-state index is 0.0495. The lowest BCUT2D eigenvalue weighted by atomic mass is 10.1. The summed E-state index contributed by atoms with van der Waals surface area (Å²) in [4.78, 5) is 8.49. The van der Waals surface area contributed by atoms with Crippen LogP contribution >= 0.6 is 0 Å². The quantitative estimate of drug-likeness (QED) is 0.0321. The third-order valence-electron chi connectivity index (χ3n) is 8.17. The van der Waals surface area contributed by atoms with E-state index in [1.165, 1.54) is 72.8 Å². The molecule has 0 heterocycles. The number of anilines is 4. The number of hydrogen-bond donors (Lipinski definition) is 9. The van der Waals surface area contributed by atoms with Gasteiger partial charge in [0, 0.05) is 11.8 Å². The van der Waals surface area contributed by atoms with Crippen LogP contribution in [-0.2, 0) is 30.4 Å². The third-order valence-corrected chi connectivity index (χ3v) is 10.8. The number of nitrogens with two attached hydrogens (primary N) is 2. The number of benzene rings is 6. The normalized spacial score (nSPS) is 12.5. The van der Waals surface area contributed by atoms with E-state index < -0.39 is 84.6 Å². The third kappa shape index (κ3) is 9.31. The van der Waals surface area contributed by atoms with Crippen LogP contribution < -0.4 is 16.8 Å². The van der Waals surface area contributed by atoms with Gasteiger partial charge in [-0.3, -0.25) is 13.7 Å². The fraction of sp³-hybridized carbons (Fsp3) is 0. The lowest BCUT2D eigenvalue weighted by Gasteiger charge is -2.14. The van der Waals surface area contributed by atoms with Gasteiger partial charge in [0.1, 0.15) is 37.5 Å². The molecule has 0 fully saturated rings. The first-order chi connectivity index (χ1) is 28.1. The fourth-order valence-corrected chi connectivity index (χ4v) is 7.42. The highest BCUT2D eigenvalue weighted by atomic mass is 32.2. The van der Waals surface area contributed by atoms with Gasteiger partial charge in [0.15, 0.2) is 5.75 Å². The maximum atomic E-state index is 12.5. The van der Waals surface area contributed by atoms with E-state index in [0.29, 0.717) is 29.2 Å². The highest BCUT2D eigenvalue weighted by molar-refractivity contribution is 7.86. The molecule has 6 aromatic rings. The summed E-state index contributed by atoms with van der Waals surface area (Å²) < 4.78 is 105. The molecule has 60 heavy (non-hydrogen) atoms. The minimum atomic E-state index is -5.27. The van der Waals surface area contributed by atoms with Crippen molar-refractivity contribution in [1.29, 1.82) is 0 Å². The summed E-state index contributed by atoms with van der Waals surface area (Å²) in [6.45, 7) is 0. The molecule has 6 aromatic carbocycles. The summed E-state index contributed by atoms with van der Waals surface area (Å²) in [5.41, 5.74) is 9.92. The second-order valence-electron chi connectivity index (χ2n) is 12.3. The molecule has 0 atom stereocenters. The van der Waals surface area contributed by atoms with Crippen LogP contribution in [0.3, 0.4) is 0 Å². The average Bonchev–Trinajstić information content (AvgIpc) is 3.16. The van der Waals surface area contributed by atoms with Gasteiger partial charge in [-0.1, -0.05) is 6.07 Å². The Bertz CT molecular complexity index is 3180. The molecule has 0 saturated heterocycles. The van der Waals surface area contributed by atoms with E-state index >= 15 is 0 Å². The summed E-state index contributed by atoms with van der Waals surface area (Å²) in [7, 11) is -15.5. The Morgan fingerprint density at radius 3 is 1.75 bits per heavy atom. The number of phenols is 2. The van der Waals surface area contributed by atoms with E-state index in [2.05, 4.69) is 36.0 Å². The van der Waals surface area contributed by atoms with Gasteiger partial charge in [-0.05, 0) is 90.3 Å². The zero-order chi connectivity index (χ0) is 43.7. The van der Waals surface area contributed by atoms with Crippen LogP contribution in [0.1, 0.15) is 10.4 Å². The predicted molar refractivity (Wildman–Crippen MR) is 214 cm³/mol. The standard InChI is InChI=1S/C35H27N9O13S3/c36-24-16-23(45)9-11-25(24)42-39-20-6-4-19(5-7-20)38-26-10-8-22(15-27(26)58(49,50)51)41-43-32-28(59(52,53)54)13-18-14-29(60(55,56)57)33(34(46)30(18)31(32)37)44-40-21-3-1-2-17(12-21)35(47)48/h1-16,38,45-46H,36-37H2,(H,47,48)(H,49,50,51)(H,52,53,54)(H,55,56,57). The van der Waals surface area contributed by atoms with Gasteiger partial charge < -0.3 is 32.1 Å². The molecule has 0 spiro atoms. The van der Waals surface area contributed by atoms with Crippen molar-refractivity contribution in [2.45, 2.75) is 14.7 Å². The van der Waals surface area contributed by atoms with Crippen molar-refractivity contribution in [2.24, 2.45) is 30.7 Å². The molecule has 0 unspecified atom stereocenters. The van der Waals surface area contributed by atoms with Crippen LogP contribution in [0.4, 0.5) is 56.9 Å². The average molecular weight is 878 g/mol. The van der Waals surface area contributed by atoms with Crippen molar-refractivity contribution in [3.63, 3.8) is 0 Å². The number of aromatic carboxylic acids is 1. The van der Waals surface area contributed by atoms with Gasteiger partial charge in [0.2, 0.25) is 0 Å². The number of rotatable bonds is 12. The number of phenolic OH excluding ortho intramolecular Hbond substituents is 2. The van der Waals surface area contributed by atoms with Crippen LogP contribution in [0.2, 0.25) is 0 Å². The molecule has 0 bridgehead atoms. The Labute approximate surface area is 338 Å². The van der Waals surface area contributed by atoms with E-state index in [1.807, 2.05) is 0 Å². The predicted octanol–water partition coefficient (Wildman–Crippen LogP) is 7.84. The lowest BCUT2D eigenvalue weighted by molar-refractivity contribution is 0.0696. The summed E-state index contributed by atoms with van der Waals surface area (Å²) in [6, 6.07) is 19.6. The van der Waals surface area contributed by atoms with Gasteiger partial charge in [0.05, 0.1) is 45.1 Å². The van der Waals surface area contributed by atoms with Gasteiger partial charge in [-0.15, -0.1) is 15.3 Å². The number of nitrogens with one attached hydrogen (secondary N) is 1. The maximum absolute atomic E-state index is 12.5. The molecule has 0 amide bonds. The Morgan fingerprint density at radius 1 is 0.583 bits per heavy atom. The van der Waals surface area contributed by atoms with Crippen molar-refractivity contribution in [3.05, 3.63) is 103 Å². The molecule has 0 aliphatic carbocycles. The minimum Gasteiger partial charge on any atom is -0.508 e. The van der Waals surface area contributed by atoms with Crippen LogP contribution in [0.25, 0.3) is 10.8 Å². The first-order valence-corrected chi connectivity index (χ1v) is 20.6. The van der Waals surface area contributed by atoms with E-state index in [9.17, 15) is 59.0 Å². The molecule has 0 radical (unpaired) electrons. The zero-order valence-electron chi connectivity index (χ0n) is 29.8. The monoisotopic (exact) mass is 877 g/mol. The summed E-state index contributed by atoms with van der Waals surface area (Å²) >= 11 is 0. The molecule has 25 heteroatoms. The van der Waals surface area contributed by atoms with Gasteiger partial charge >= 0.3 is 5.97 Å². The van der Waals surface area contributed by atoms with Crippen LogP contribution in [0.15, 0.2) is 142 Å². The van der Waals surface area contributed by atoms with E-state index in [4.69, 9.17) is 11.5 Å². The van der Waals surface area contributed by atoms with Crippen LogP contribution in [0.5, 0.6) is 11.5 Å². The number of carboxylic acids is 1. The number of carboxylic acid groups (broad SMARTS) is 1. The number of nitrogens with zero attached hydrogens (tertiary/aromatic N) is 6. The Hall–Kier alpha value is -7.42. The number of azo groups is 3. The first kappa shape index (κ1) is 42.2. The van der Waals surface area contributed by atoms with Gasteiger partial charge in [-0.25, -0.2) is 4.79 Å². The second-order valence-corrected chi connectivity index (χ2v) is 16.5. The molecular weight excluding hydrogens is 851 g/mol. The van der Waals surface area contributed by atoms with Gasteiger partial charge in [0.25, 0.3) is 30.4 Å². The Kier molecular flexibility index (Phi) is 11.3. The second kappa shape index (κ2) is 16.1. The molecule has 0 aliphatic rings. The highest BCUT2D eigenvalue weighted by Crippen LogP contribution is 2.48. The fourth-order valence-electron chi connectivity index (χ4n) is 5.42. The maximum Gasteiger partial charge on any atom is 0.335 e. The molecule has 11 N–H and O–H groups in total. The number of carbonyl (C=O) groups is 1. The molecular formula is C35H27N9O13S3. The SMILES string of the molecule is Nc1cc(O)ccc1N=Nc1ccc(Nc2ccc(N=Nc3c(S(=O)(=O)O)cc4cc(S(=O)(=O)O)c(N=Nc5cccc(C(=O)O)c5)c(O)c4c3N)cc2S(=O)(=O)O)cc1. The molecule has 0 aliphatic heterocycles. The van der Waals surface area contributed by atoms with Crippen molar-refractivity contribution in [2.75, 3.05) is 16.8 Å². The summed E-state index contributed by atoms with van der Waals surface area (Å²) in [5.74, 6) is -2.46. The first-order valence-electron chi connectivity index (χ1n) is 16.3. The number of nitrogen functional groups attached to an aromatic ring is 2. The molecule has 22 nitrogen and oxygen atoms in total. The number of fused-ring (bicyclic) bond motifs is 1. The lowest BCUT2D eigenvalue weighted by Crippen LogP contribution is -2.04. The molecule has 0 aromatic heterocycles. The van der Waals surface area contributed by atoms with Crippen LogP contribution in [-0.4, -0.2) is 60.2 Å². The van der Waals surface area contributed by atoms with Crippen molar-refractivity contribution < 1.29 is 59.0 Å². The van der Waals surface area contributed by atoms with Gasteiger partial charge in [-0.2, -0.15) is 40.6 Å².